The van der Waals surface area contributed by atoms with E-state index < -0.39 is 18.8 Å². The highest BCUT2D eigenvalue weighted by molar-refractivity contribution is 5.44. The zero-order valence-corrected chi connectivity index (χ0v) is 8.88. The van der Waals surface area contributed by atoms with Crippen molar-refractivity contribution in [1.29, 1.82) is 0 Å². The summed E-state index contributed by atoms with van der Waals surface area (Å²) in [7, 11) is 0. The van der Waals surface area contributed by atoms with Gasteiger partial charge in [0.05, 0.1) is 6.10 Å². The molecule has 2 N–H and O–H groups in total. The van der Waals surface area contributed by atoms with Crippen LogP contribution in [0.2, 0.25) is 0 Å². The van der Waals surface area contributed by atoms with Gasteiger partial charge in [0.15, 0.2) is 0 Å². The van der Waals surface area contributed by atoms with Crippen LogP contribution in [0.4, 0.5) is 18.9 Å². The molecule has 2 nitrogen and oxygen atoms in total. The third-order valence-electron chi connectivity index (χ3n) is 1.98. The van der Waals surface area contributed by atoms with Crippen molar-refractivity contribution in [2.75, 3.05) is 11.9 Å². The third kappa shape index (κ3) is 5.02. The van der Waals surface area contributed by atoms with Crippen molar-refractivity contribution >= 4 is 5.69 Å². The SMILES string of the molecule is CC(O)Cc1ccc(NCC(F)(F)F)cc1. The van der Waals surface area contributed by atoms with Crippen molar-refractivity contribution in [1.82, 2.24) is 0 Å². The van der Waals surface area contributed by atoms with Gasteiger partial charge in [-0.05, 0) is 31.0 Å². The zero-order valence-electron chi connectivity index (χ0n) is 8.88. The summed E-state index contributed by atoms with van der Waals surface area (Å²) in [5, 5.41) is 11.4. The number of hydrogen-bond acceptors (Lipinski definition) is 2. The Morgan fingerprint density at radius 3 is 2.25 bits per heavy atom. The summed E-state index contributed by atoms with van der Waals surface area (Å²) in [6, 6.07) is 6.55. The Morgan fingerprint density at radius 1 is 1.25 bits per heavy atom. The fourth-order valence-corrected chi connectivity index (χ4v) is 1.30. The number of aliphatic hydroxyl groups excluding tert-OH is 1. The van der Waals surface area contributed by atoms with Crippen molar-refractivity contribution in [2.45, 2.75) is 25.6 Å². The second-order valence-electron chi connectivity index (χ2n) is 3.72. The van der Waals surface area contributed by atoms with Crippen LogP contribution in [0.5, 0.6) is 0 Å². The van der Waals surface area contributed by atoms with Gasteiger partial charge < -0.3 is 10.4 Å². The van der Waals surface area contributed by atoms with Crippen molar-refractivity contribution in [3.05, 3.63) is 29.8 Å². The lowest BCUT2D eigenvalue weighted by molar-refractivity contribution is -0.115. The second kappa shape index (κ2) is 5.21. The number of halogens is 3. The first-order valence-corrected chi connectivity index (χ1v) is 4.94. The Labute approximate surface area is 92.1 Å². The van der Waals surface area contributed by atoms with Gasteiger partial charge in [0.1, 0.15) is 6.54 Å². The number of rotatable bonds is 4. The lowest BCUT2D eigenvalue weighted by atomic mass is 10.1. The molecule has 0 saturated heterocycles. The molecule has 0 spiro atoms. The summed E-state index contributed by atoms with van der Waals surface area (Å²) in [6.45, 7) is 0.624. The monoisotopic (exact) mass is 233 g/mol. The highest BCUT2D eigenvalue weighted by Crippen LogP contribution is 2.17. The number of hydrogen-bond donors (Lipinski definition) is 2. The molecule has 1 aromatic rings. The predicted octanol–water partition coefficient (Wildman–Crippen LogP) is 2.58. The van der Waals surface area contributed by atoms with Crippen LogP contribution in [-0.4, -0.2) is 23.9 Å². The van der Waals surface area contributed by atoms with E-state index in [4.69, 9.17) is 5.11 Å². The van der Waals surface area contributed by atoms with Crippen LogP contribution in [-0.2, 0) is 6.42 Å². The topological polar surface area (TPSA) is 32.3 Å². The molecule has 0 aromatic heterocycles. The lowest BCUT2D eigenvalue weighted by Gasteiger charge is -2.10. The van der Waals surface area contributed by atoms with Gasteiger partial charge in [-0.15, -0.1) is 0 Å². The van der Waals surface area contributed by atoms with E-state index in [9.17, 15) is 13.2 Å². The third-order valence-corrected chi connectivity index (χ3v) is 1.98. The van der Waals surface area contributed by atoms with Gasteiger partial charge in [0.25, 0.3) is 0 Å². The van der Waals surface area contributed by atoms with Crippen LogP contribution < -0.4 is 5.32 Å². The van der Waals surface area contributed by atoms with Crippen LogP contribution in [0.25, 0.3) is 0 Å². The molecule has 0 aliphatic heterocycles. The van der Waals surface area contributed by atoms with Gasteiger partial charge in [-0.2, -0.15) is 13.2 Å². The molecular weight excluding hydrogens is 219 g/mol. The summed E-state index contributed by atoms with van der Waals surface area (Å²) < 4.78 is 35.7. The van der Waals surface area contributed by atoms with Crippen molar-refractivity contribution in [2.24, 2.45) is 0 Å². The van der Waals surface area contributed by atoms with Crippen LogP contribution in [0, 0.1) is 0 Å². The molecule has 0 bridgehead atoms. The lowest BCUT2D eigenvalue weighted by Crippen LogP contribution is -2.21. The first-order valence-electron chi connectivity index (χ1n) is 4.94. The molecule has 0 heterocycles. The first-order chi connectivity index (χ1) is 7.37. The number of benzene rings is 1. The second-order valence-corrected chi connectivity index (χ2v) is 3.72. The van der Waals surface area contributed by atoms with E-state index in [0.29, 0.717) is 12.1 Å². The number of aliphatic hydroxyl groups is 1. The number of nitrogens with one attached hydrogen (secondary N) is 1. The fraction of sp³-hybridized carbons (Fsp3) is 0.455. The van der Waals surface area contributed by atoms with Gasteiger partial charge in [0.2, 0.25) is 0 Å². The summed E-state index contributed by atoms with van der Waals surface area (Å²) in [6.07, 6.45) is -4.16. The maximum atomic E-state index is 11.9. The highest BCUT2D eigenvalue weighted by atomic mass is 19.4. The maximum absolute atomic E-state index is 11.9. The van der Waals surface area contributed by atoms with E-state index in [0.717, 1.165) is 5.56 Å². The molecule has 0 fully saturated rings. The molecule has 1 rings (SSSR count). The fourth-order valence-electron chi connectivity index (χ4n) is 1.30. The van der Waals surface area contributed by atoms with E-state index in [1.165, 1.54) is 0 Å². The molecule has 90 valence electrons. The summed E-state index contributed by atoms with van der Waals surface area (Å²) in [5.41, 5.74) is 1.32. The van der Waals surface area contributed by atoms with E-state index in [1.54, 1.807) is 31.2 Å². The molecular formula is C11H14F3NO. The average molecular weight is 233 g/mol. The van der Waals surface area contributed by atoms with Crippen LogP contribution in [0.1, 0.15) is 12.5 Å². The number of alkyl halides is 3. The Hall–Kier alpha value is -1.23. The molecule has 5 heteroatoms. The zero-order chi connectivity index (χ0) is 12.2. The average Bonchev–Trinajstić information content (AvgIpc) is 2.14. The minimum absolute atomic E-state index is 0.423. The van der Waals surface area contributed by atoms with Crippen molar-refractivity contribution < 1.29 is 18.3 Å². The predicted molar refractivity (Wildman–Crippen MR) is 56.4 cm³/mol. The van der Waals surface area contributed by atoms with Gasteiger partial charge in [-0.3, -0.25) is 0 Å². The van der Waals surface area contributed by atoms with Crippen molar-refractivity contribution in [3.63, 3.8) is 0 Å². The first kappa shape index (κ1) is 12.8. The molecule has 0 aliphatic rings. The Kier molecular flexibility index (Phi) is 4.18. The molecule has 0 amide bonds. The van der Waals surface area contributed by atoms with E-state index in [2.05, 4.69) is 5.32 Å². The normalized spacial score (nSPS) is 13.6. The number of anilines is 1. The Balaban J connectivity index is 2.51. The van der Waals surface area contributed by atoms with E-state index >= 15 is 0 Å². The largest absolute Gasteiger partial charge is 0.405 e. The van der Waals surface area contributed by atoms with Crippen LogP contribution >= 0.6 is 0 Å². The Bertz CT molecular complexity index is 319. The van der Waals surface area contributed by atoms with Gasteiger partial charge in [0, 0.05) is 5.69 Å². The van der Waals surface area contributed by atoms with E-state index in [1.807, 2.05) is 0 Å². The minimum Gasteiger partial charge on any atom is -0.393 e. The van der Waals surface area contributed by atoms with Gasteiger partial charge in [-0.25, -0.2) is 0 Å². The van der Waals surface area contributed by atoms with Gasteiger partial charge in [-0.1, -0.05) is 12.1 Å². The Morgan fingerprint density at radius 2 is 1.81 bits per heavy atom. The van der Waals surface area contributed by atoms with Crippen molar-refractivity contribution in [3.8, 4) is 0 Å². The van der Waals surface area contributed by atoms with Crippen LogP contribution in [0.15, 0.2) is 24.3 Å². The molecule has 0 aliphatic carbocycles. The molecule has 1 aromatic carbocycles. The summed E-state index contributed by atoms with van der Waals surface area (Å²) in [5.74, 6) is 0. The molecule has 1 unspecified atom stereocenters. The standard InChI is InChI=1S/C11H14F3NO/c1-8(16)6-9-2-4-10(5-3-9)15-7-11(12,13)14/h2-5,8,15-16H,6-7H2,1H3. The summed E-state index contributed by atoms with van der Waals surface area (Å²) >= 11 is 0. The molecule has 0 saturated carbocycles. The smallest absolute Gasteiger partial charge is 0.393 e. The van der Waals surface area contributed by atoms with Crippen LogP contribution in [0.3, 0.4) is 0 Å². The molecule has 0 radical (unpaired) electrons. The van der Waals surface area contributed by atoms with E-state index in [-0.39, 0.29) is 0 Å². The molecule has 1 atom stereocenters. The maximum Gasteiger partial charge on any atom is 0.405 e. The quantitative estimate of drug-likeness (QED) is 0.837. The molecule has 16 heavy (non-hydrogen) atoms. The van der Waals surface area contributed by atoms with Gasteiger partial charge >= 0.3 is 6.18 Å². The minimum atomic E-state index is -4.21. The summed E-state index contributed by atoms with van der Waals surface area (Å²) in [4.78, 5) is 0. The highest BCUT2D eigenvalue weighted by Gasteiger charge is 2.26.